The van der Waals surface area contributed by atoms with Crippen molar-refractivity contribution in [2.75, 3.05) is 0 Å². The van der Waals surface area contributed by atoms with Crippen molar-refractivity contribution in [3.05, 3.63) is 0 Å². The summed E-state index contributed by atoms with van der Waals surface area (Å²) < 4.78 is 65.1. The van der Waals surface area contributed by atoms with Crippen LogP contribution in [0.5, 0.6) is 0 Å². The Labute approximate surface area is 74.4 Å². The van der Waals surface area contributed by atoms with E-state index in [9.17, 15) is 26.3 Å². The van der Waals surface area contributed by atoms with Gasteiger partial charge in [0.2, 0.25) is 6.43 Å². The monoisotopic (exact) mass is 236 g/mol. The maximum atomic E-state index is 11.1. The molecular weight excluding hydrogens is 233 g/mol. The molecule has 0 aliphatic carbocycles. The Balaban J connectivity index is 0. The first-order chi connectivity index (χ1) is 4.98. The molecule has 0 heterocycles. The van der Waals surface area contributed by atoms with Gasteiger partial charge in [-0.2, -0.15) is 17.6 Å². The summed E-state index contributed by atoms with van der Waals surface area (Å²) >= 11 is 7.59. The van der Waals surface area contributed by atoms with E-state index in [1.54, 1.807) is 0 Å². The molecule has 0 radical (unpaired) electrons. The zero-order valence-electron chi connectivity index (χ0n) is 5.60. The largest absolute Gasteiger partial charge is 0.398 e. The predicted octanol–water partition coefficient (Wildman–Crippen LogP) is 3.92. The number of hydrogen-bond donors (Lipinski definition) is 0. The molecule has 0 aliphatic rings. The zero-order chi connectivity index (χ0) is 10.6. The Morgan fingerprint density at radius 1 is 0.917 bits per heavy atom. The van der Waals surface area contributed by atoms with E-state index in [0.717, 1.165) is 6.92 Å². The van der Waals surface area contributed by atoms with Gasteiger partial charge in [0, 0.05) is 0 Å². The molecule has 0 aliphatic heterocycles. The molecule has 0 fully saturated rings. The number of rotatable bonds is 1. The highest BCUT2D eigenvalue weighted by molar-refractivity contribution is 6.31. The van der Waals surface area contributed by atoms with Crippen LogP contribution in [-0.2, 0) is 0 Å². The van der Waals surface area contributed by atoms with Crippen LogP contribution in [0, 0.1) is 0 Å². The Morgan fingerprint density at radius 3 is 1.00 bits per heavy atom. The molecule has 0 amide bonds. The summed E-state index contributed by atoms with van der Waals surface area (Å²) in [6.07, 6.45) is -2.17. The molecule has 0 N–H and O–H groups in total. The lowest BCUT2D eigenvalue weighted by Crippen LogP contribution is -2.28. The second-order valence-corrected chi connectivity index (χ2v) is 2.46. The lowest BCUT2D eigenvalue weighted by Gasteiger charge is -2.11. The molecule has 0 saturated carbocycles. The third kappa shape index (κ3) is 10.2. The van der Waals surface area contributed by atoms with E-state index in [2.05, 4.69) is 23.2 Å². The topological polar surface area (TPSA) is 0 Å². The first-order valence-electron chi connectivity index (χ1n) is 2.40. The quantitative estimate of drug-likeness (QED) is 0.478. The van der Waals surface area contributed by atoms with Gasteiger partial charge in [0.05, 0.1) is 0 Å². The smallest absolute Gasteiger partial charge is 0.211 e. The van der Waals surface area contributed by atoms with Crippen molar-refractivity contribution in [3.63, 3.8) is 0 Å². The van der Waals surface area contributed by atoms with Crippen LogP contribution in [0.25, 0.3) is 0 Å². The van der Waals surface area contributed by atoms with E-state index in [0.29, 0.717) is 0 Å². The lowest BCUT2D eigenvalue weighted by atomic mass is 10.7. The Bertz CT molecular complexity index is 98.9. The van der Waals surface area contributed by atoms with E-state index in [1.807, 2.05) is 0 Å². The van der Waals surface area contributed by atoms with Crippen molar-refractivity contribution in [2.45, 2.75) is 24.1 Å². The maximum Gasteiger partial charge on any atom is 0.398 e. The maximum absolute atomic E-state index is 11.1. The molecule has 0 aromatic heterocycles. The van der Waals surface area contributed by atoms with Gasteiger partial charge in [0.1, 0.15) is 0 Å². The normalized spacial score (nSPS) is 12.5. The molecule has 76 valence electrons. The molecule has 0 rings (SSSR count). The molecule has 0 spiro atoms. The second kappa shape index (κ2) is 5.01. The summed E-state index contributed by atoms with van der Waals surface area (Å²) in [5, 5.41) is -9.32. The van der Waals surface area contributed by atoms with Crippen LogP contribution in [0.1, 0.15) is 6.92 Å². The fraction of sp³-hybridized carbons (Fsp3) is 1.00. The number of halogens is 8. The molecule has 0 bridgehead atoms. The van der Waals surface area contributed by atoms with Crippen LogP contribution in [0.2, 0.25) is 0 Å². The molecule has 0 nitrogen and oxygen atoms in total. The summed E-state index contributed by atoms with van der Waals surface area (Å²) in [5.74, 6) is 0. The fourth-order valence-corrected chi connectivity index (χ4v) is 0. The molecule has 0 unspecified atom stereocenters. The van der Waals surface area contributed by atoms with Gasteiger partial charge < -0.3 is 0 Å². The molecule has 8 heteroatoms. The van der Waals surface area contributed by atoms with Crippen LogP contribution >= 0.6 is 23.2 Å². The molecular formula is C4H4Cl2F6. The average molecular weight is 237 g/mol. The van der Waals surface area contributed by atoms with Gasteiger partial charge in [0.15, 0.2) is 0 Å². The van der Waals surface area contributed by atoms with E-state index < -0.39 is 17.2 Å². The highest BCUT2D eigenvalue weighted by Crippen LogP contribution is 2.40. The third-order valence-corrected chi connectivity index (χ3v) is 0.893. The average Bonchev–Trinajstić information content (AvgIpc) is 1.55. The van der Waals surface area contributed by atoms with Gasteiger partial charge in [-0.3, -0.25) is 0 Å². The Hall–Kier alpha value is 0.160. The number of alkyl halides is 8. The van der Waals surface area contributed by atoms with Gasteiger partial charge in [-0.15, -0.1) is 0 Å². The van der Waals surface area contributed by atoms with Crippen molar-refractivity contribution in [1.29, 1.82) is 0 Å². The standard InChI is InChI=1S/C2Cl2F4.C2H4F2/c3-1(5,6)2(4,7)8;1-2(3)4/h;2H,1H3. The molecule has 12 heavy (non-hydrogen) atoms. The fourth-order valence-electron chi connectivity index (χ4n) is 0. The van der Waals surface area contributed by atoms with Gasteiger partial charge in [-0.25, -0.2) is 8.78 Å². The van der Waals surface area contributed by atoms with E-state index >= 15 is 0 Å². The van der Waals surface area contributed by atoms with Crippen LogP contribution in [0.3, 0.4) is 0 Å². The first kappa shape index (κ1) is 14.7. The summed E-state index contributed by atoms with van der Waals surface area (Å²) in [4.78, 5) is 0. The third-order valence-electron chi connectivity index (χ3n) is 0.321. The van der Waals surface area contributed by atoms with Gasteiger partial charge in [0.25, 0.3) is 0 Å². The van der Waals surface area contributed by atoms with Crippen LogP contribution in [-0.4, -0.2) is 17.2 Å². The van der Waals surface area contributed by atoms with Crippen LogP contribution in [0.15, 0.2) is 0 Å². The van der Waals surface area contributed by atoms with Gasteiger partial charge in [-0.05, 0) is 30.1 Å². The SMILES string of the molecule is CC(F)F.FC(F)(Cl)C(F)(F)Cl. The van der Waals surface area contributed by atoms with Crippen LogP contribution < -0.4 is 0 Å². The molecule has 0 aromatic carbocycles. The number of hydrogen-bond acceptors (Lipinski definition) is 0. The van der Waals surface area contributed by atoms with Crippen molar-refractivity contribution in [3.8, 4) is 0 Å². The second-order valence-electron chi connectivity index (χ2n) is 1.51. The van der Waals surface area contributed by atoms with E-state index in [-0.39, 0.29) is 0 Å². The van der Waals surface area contributed by atoms with Crippen molar-refractivity contribution >= 4 is 23.2 Å². The molecule has 0 saturated heterocycles. The minimum Gasteiger partial charge on any atom is -0.211 e. The summed E-state index contributed by atoms with van der Waals surface area (Å²) in [6.45, 7) is 0.833. The minimum atomic E-state index is -4.66. The van der Waals surface area contributed by atoms with E-state index in [4.69, 9.17) is 0 Å². The minimum absolute atomic E-state index is 0.833. The van der Waals surface area contributed by atoms with Crippen molar-refractivity contribution in [2.24, 2.45) is 0 Å². The lowest BCUT2D eigenvalue weighted by molar-refractivity contribution is -0.0960. The predicted molar refractivity (Wildman–Crippen MR) is 33.3 cm³/mol. The zero-order valence-corrected chi connectivity index (χ0v) is 7.11. The van der Waals surface area contributed by atoms with Gasteiger partial charge >= 0.3 is 10.8 Å². The highest BCUT2D eigenvalue weighted by Gasteiger charge is 2.53. The molecule has 0 aromatic rings. The Morgan fingerprint density at radius 2 is 1.00 bits per heavy atom. The van der Waals surface area contributed by atoms with E-state index in [1.165, 1.54) is 0 Å². The summed E-state index contributed by atoms with van der Waals surface area (Å²) in [5.41, 5.74) is 0. The van der Waals surface area contributed by atoms with Crippen LogP contribution in [0.4, 0.5) is 26.3 Å². The summed E-state index contributed by atoms with van der Waals surface area (Å²) in [6, 6.07) is 0. The highest BCUT2D eigenvalue weighted by atomic mass is 35.5. The summed E-state index contributed by atoms with van der Waals surface area (Å²) in [7, 11) is 0. The van der Waals surface area contributed by atoms with Crippen molar-refractivity contribution in [1.82, 2.24) is 0 Å². The van der Waals surface area contributed by atoms with Crippen molar-refractivity contribution < 1.29 is 26.3 Å². The first-order valence-corrected chi connectivity index (χ1v) is 3.15. The Kier molecular flexibility index (Phi) is 6.13. The van der Waals surface area contributed by atoms with Gasteiger partial charge in [-0.1, -0.05) is 0 Å². The molecule has 0 atom stereocenters.